The molecule has 1 aromatic heterocycles. The average molecular weight is 790 g/mol. The van der Waals surface area contributed by atoms with E-state index in [1.54, 1.807) is 12.3 Å². The summed E-state index contributed by atoms with van der Waals surface area (Å²) in [7, 11) is 0. The lowest BCUT2D eigenvalue weighted by atomic mass is 9.82. The van der Waals surface area contributed by atoms with E-state index in [-0.39, 0.29) is 61.1 Å². The first kappa shape index (κ1) is 42.1. The number of aliphatic hydroxyl groups excluding tert-OH is 1. The number of benzene rings is 2. The Hall–Kier alpha value is -4.27. The molecule has 1 heterocycles. The molecule has 5 N–H and O–H groups in total. The first-order chi connectivity index (χ1) is 24.5. The Balaban J connectivity index is 1.86. The van der Waals surface area contributed by atoms with E-state index < -0.39 is 59.6 Å². The molecule has 0 spiro atoms. The van der Waals surface area contributed by atoms with Gasteiger partial charge < -0.3 is 30.7 Å². The molecule has 2 aromatic carbocycles. The van der Waals surface area contributed by atoms with Gasteiger partial charge in [-0.2, -0.15) is 0 Å². The topological polar surface area (TPSA) is 172 Å². The van der Waals surface area contributed by atoms with Crippen LogP contribution in [0.15, 0.2) is 60.8 Å². The molecule has 3 rings (SSSR count). The van der Waals surface area contributed by atoms with E-state index in [0.717, 1.165) is 23.8 Å². The van der Waals surface area contributed by atoms with Crippen LogP contribution in [0.25, 0.3) is 11.1 Å². The van der Waals surface area contributed by atoms with Gasteiger partial charge in [0.1, 0.15) is 35.8 Å². The van der Waals surface area contributed by atoms with Crippen LogP contribution in [0.3, 0.4) is 0 Å². The standard InChI is InChI=1S/C38H47BrF2N4O7/c1-38(2,3)35(33-18-25(29-19-26(40)12-14-30(29)41)22-44(33)21-24-8-5-4-6-9-24)45(34(49)23-46)17-16-31(42)36(50)43-32(37(51)52)15-13-27(47)10-7-11-28(48)20-39/h4-6,8-9,12,14,18-19,22,31-32,35,46H,7,10-11,13,15-17,20-21,23,42H2,1-3H3,(H,43,50)(H,51,52)/t31-,32+,35-/m0/s1. The van der Waals surface area contributed by atoms with Crippen LogP contribution < -0.4 is 11.1 Å². The molecule has 0 unspecified atom stereocenters. The summed E-state index contributed by atoms with van der Waals surface area (Å²) in [5.74, 6) is -4.36. The number of carbonyl (C=O) groups excluding carboxylic acids is 4. The molecule has 3 atom stereocenters. The summed E-state index contributed by atoms with van der Waals surface area (Å²) in [4.78, 5) is 63.6. The van der Waals surface area contributed by atoms with Crippen molar-refractivity contribution >= 4 is 45.3 Å². The van der Waals surface area contributed by atoms with Crippen molar-refractivity contribution in [3.63, 3.8) is 0 Å². The van der Waals surface area contributed by atoms with Gasteiger partial charge in [-0.15, -0.1) is 0 Å². The molecule has 3 aromatic rings. The summed E-state index contributed by atoms with van der Waals surface area (Å²) in [6.07, 6.45) is 1.94. The molecule has 0 aliphatic rings. The number of ketones is 2. The number of aliphatic carboxylic acids is 1. The Kier molecular flexibility index (Phi) is 15.8. The number of nitrogens with two attached hydrogens (primary N) is 1. The minimum Gasteiger partial charge on any atom is -0.480 e. The second-order valence-corrected chi connectivity index (χ2v) is 14.4. The zero-order chi connectivity index (χ0) is 38.6. The maximum atomic E-state index is 15.0. The maximum Gasteiger partial charge on any atom is 0.326 e. The number of halogens is 3. The van der Waals surface area contributed by atoms with Crippen molar-refractivity contribution in [1.82, 2.24) is 14.8 Å². The second-order valence-electron chi connectivity index (χ2n) is 13.8. The van der Waals surface area contributed by atoms with Crippen molar-refractivity contribution in [1.29, 1.82) is 0 Å². The number of aliphatic hydroxyl groups is 1. The van der Waals surface area contributed by atoms with Crippen LogP contribution in [-0.4, -0.2) is 79.6 Å². The number of Topliss-reactive ketones (excluding diaryl/α,β-unsaturated/α-hetero) is 2. The first-order valence-corrected chi connectivity index (χ1v) is 18.2. The van der Waals surface area contributed by atoms with Gasteiger partial charge in [-0.3, -0.25) is 19.2 Å². The van der Waals surface area contributed by atoms with Gasteiger partial charge in [0, 0.05) is 55.4 Å². The van der Waals surface area contributed by atoms with E-state index in [4.69, 9.17) is 5.73 Å². The molecular formula is C38H47BrF2N4O7. The normalized spacial score (nSPS) is 13.2. The number of carboxylic acid groups (broad SMARTS) is 1. The summed E-state index contributed by atoms with van der Waals surface area (Å²) < 4.78 is 31.1. The fraction of sp³-hybridized carbons (Fsp3) is 0.447. The van der Waals surface area contributed by atoms with Gasteiger partial charge in [0.2, 0.25) is 11.8 Å². The third kappa shape index (κ3) is 12.2. The second kappa shape index (κ2) is 19.5. The Morgan fingerprint density at radius 1 is 0.962 bits per heavy atom. The SMILES string of the molecule is CC(C)(C)[C@H](c1cc(-c2cc(F)ccc2F)cn1Cc1ccccc1)N(CC[C@H](N)C(=O)N[C@H](CCC(=O)CCCC(=O)CBr)C(=O)O)C(=O)CO. The number of hydrogen-bond donors (Lipinski definition) is 4. The van der Waals surface area contributed by atoms with Gasteiger partial charge in [0.05, 0.1) is 17.4 Å². The Labute approximate surface area is 310 Å². The molecule has 0 saturated heterocycles. The highest BCUT2D eigenvalue weighted by Gasteiger charge is 2.37. The van der Waals surface area contributed by atoms with Crippen LogP contribution in [0.1, 0.15) is 76.6 Å². The zero-order valence-electron chi connectivity index (χ0n) is 29.6. The van der Waals surface area contributed by atoms with E-state index >= 15 is 4.39 Å². The highest BCUT2D eigenvalue weighted by molar-refractivity contribution is 9.09. The van der Waals surface area contributed by atoms with Crippen molar-refractivity contribution in [2.75, 3.05) is 18.5 Å². The molecule has 14 heteroatoms. The lowest BCUT2D eigenvalue weighted by Crippen LogP contribution is -2.50. The van der Waals surface area contributed by atoms with Crippen LogP contribution in [0.4, 0.5) is 8.78 Å². The highest BCUT2D eigenvalue weighted by Crippen LogP contribution is 2.41. The molecular weight excluding hydrogens is 742 g/mol. The molecule has 11 nitrogen and oxygen atoms in total. The van der Waals surface area contributed by atoms with Crippen molar-refractivity contribution in [2.45, 2.75) is 84.0 Å². The first-order valence-electron chi connectivity index (χ1n) is 17.0. The molecule has 0 aliphatic heterocycles. The van der Waals surface area contributed by atoms with Crippen LogP contribution in [0.2, 0.25) is 0 Å². The number of aromatic nitrogens is 1. The van der Waals surface area contributed by atoms with Gasteiger partial charge in [-0.1, -0.05) is 67.0 Å². The molecule has 0 fully saturated rings. The largest absolute Gasteiger partial charge is 0.480 e. The van der Waals surface area contributed by atoms with Gasteiger partial charge in [-0.05, 0) is 54.5 Å². The number of rotatable bonds is 20. The number of nitrogens with one attached hydrogen (secondary N) is 1. The molecule has 0 radical (unpaired) electrons. The number of hydrogen-bond acceptors (Lipinski definition) is 7. The van der Waals surface area contributed by atoms with Crippen molar-refractivity contribution in [3.05, 3.63) is 83.7 Å². The molecule has 0 aliphatic carbocycles. The minimum absolute atomic E-state index is 0.0268. The third-order valence-electron chi connectivity index (χ3n) is 8.64. The van der Waals surface area contributed by atoms with Crippen molar-refractivity contribution < 1.29 is 43.0 Å². The molecule has 0 bridgehead atoms. The lowest BCUT2D eigenvalue weighted by molar-refractivity contribution is -0.142. The zero-order valence-corrected chi connectivity index (χ0v) is 31.2. The summed E-state index contributed by atoms with van der Waals surface area (Å²) in [5, 5.41) is 22.3. The monoisotopic (exact) mass is 788 g/mol. The Morgan fingerprint density at radius 3 is 2.25 bits per heavy atom. The van der Waals surface area contributed by atoms with E-state index in [0.29, 0.717) is 24.2 Å². The predicted octanol–water partition coefficient (Wildman–Crippen LogP) is 5.16. The fourth-order valence-electron chi connectivity index (χ4n) is 6.03. The van der Waals surface area contributed by atoms with Crippen molar-refractivity contribution in [2.24, 2.45) is 11.1 Å². The van der Waals surface area contributed by atoms with Gasteiger partial charge in [0.25, 0.3) is 0 Å². The summed E-state index contributed by atoms with van der Waals surface area (Å²) in [6.45, 7) is 4.96. The number of carbonyl (C=O) groups is 5. The lowest BCUT2D eigenvalue weighted by Gasteiger charge is -2.41. The van der Waals surface area contributed by atoms with E-state index in [1.165, 1.54) is 4.90 Å². The van der Waals surface area contributed by atoms with Gasteiger partial charge >= 0.3 is 5.97 Å². The average Bonchev–Trinajstić information content (AvgIpc) is 3.50. The predicted molar refractivity (Wildman–Crippen MR) is 195 cm³/mol. The summed E-state index contributed by atoms with van der Waals surface area (Å²) >= 11 is 3.06. The molecule has 0 saturated carbocycles. The highest BCUT2D eigenvalue weighted by atomic mass is 79.9. The van der Waals surface area contributed by atoms with Crippen LogP contribution >= 0.6 is 15.9 Å². The molecule has 52 heavy (non-hydrogen) atoms. The van der Waals surface area contributed by atoms with Crippen LogP contribution in [0, 0.1) is 17.0 Å². The Morgan fingerprint density at radius 2 is 1.63 bits per heavy atom. The maximum absolute atomic E-state index is 15.0. The van der Waals surface area contributed by atoms with Gasteiger partial charge in [-0.25, -0.2) is 13.6 Å². The van der Waals surface area contributed by atoms with E-state index in [9.17, 15) is 38.6 Å². The quantitative estimate of drug-likeness (QED) is 0.114. The number of alkyl halides is 1. The fourth-order valence-corrected chi connectivity index (χ4v) is 6.31. The van der Waals surface area contributed by atoms with E-state index in [2.05, 4.69) is 21.2 Å². The van der Waals surface area contributed by atoms with Crippen molar-refractivity contribution in [3.8, 4) is 11.1 Å². The summed E-state index contributed by atoms with van der Waals surface area (Å²) in [5.41, 5.74) is 7.37. The van der Waals surface area contributed by atoms with Crippen LogP contribution in [0.5, 0.6) is 0 Å². The molecule has 2 amide bonds. The Bertz CT molecular complexity index is 1710. The number of carboxylic acids is 1. The van der Waals surface area contributed by atoms with E-state index in [1.807, 2.05) is 55.7 Å². The minimum atomic E-state index is -1.40. The number of nitrogens with zero attached hydrogens (tertiary/aromatic N) is 2. The third-order valence-corrected chi connectivity index (χ3v) is 9.26. The number of amides is 2. The summed E-state index contributed by atoms with van der Waals surface area (Å²) in [6, 6.07) is 10.8. The smallest absolute Gasteiger partial charge is 0.326 e. The van der Waals surface area contributed by atoms with Gasteiger partial charge in [0.15, 0.2) is 0 Å². The molecule has 282 valence electrons. The van der Waals surface area contributed by atoms with Crippen LogP contribution in [-0.2, 0) is 30.5 Å².